The molecule has 136 valence electrons. The van der Waals surface area contributed by atoms with E-state index in [9.17, 15) is 9.59 Å². The average Bonchev–Trinajstić information content (AvgIpc) is 3.51. The van der Waals surface area contributed by atoms with Crippen LogP contribution in [0.25, 0.3) is 0 Å². The molecule has 0 radical (unpaired) electrons. The Labute approximate surface area is 154 Å². The number of benzene rings is 2. The normalized spacial score (nSPS) is 13.3. The van der Waals surface area contributed by atoms with Crippen LogP contribution in [0.5, 0.6) is 0 Å². The molecule has 0 unspecified atom stereocenters. The van der Waals surface area contributed by atoms with E-state index < -0.39 is 0 Å². The molecule has 2 aromatic rings. The molecule has 0 heterocycles. The highest BCUT2D eigenvalue weighted by Gasteiger charge is 2.29. The summed E-state index contributed by atoms with van der Waals surface area (Å²) in [5, 5.41) is 2.90. The maximum atomic E-state index is 13.0. The first-order valence-electron chi connectivity index (χ1n) is 9.11. The Morgan fingerprint density at radius 3 is 2.54 bits per heavy atom. The van der Waals surface area contributed by atoms with Crippen molar-refractivity contribution in [2.24, 2.45) is 11.7 Å². The van der Waals surface area contributed by atoms with Crippen molar-refractivity contribution in [1.82, 2.24) is 4.90 Å². The second kappa shape index (κ2) is 8.63. The fourth-order valence-electron chi connectivity index (χ4n) is 2.84. The zero-order valence-electron chi connectivity index (χ0n) is 14.9. The van der Waals surface area contributed by atoms with Gasteiger partial charge in [0.15, 0.2) is 0 Å². The summed E-state index contributed by atoms with van der Waals surface area (Å²) in [6, 6.07) is 17.1. The van der Waals surface area contributed by atoms with E-state index in [1.165, 1.54) is 0 Å². The van der Waals surface area contributed by atoms with Crippen molar-refractivity contribution in [2.75, 3.05) is 18.4 Å². The summed E-state index contributed by atoms with van der Waals surface area (Å²) in [6.07, 6.45) is 2.65. The first-order chi connectivity index (χ1) is 12.7. The molecule has 3 N–H and O–H groups in total. The summed E-state index contributed by atoms with van der Waals surface area (Å²) >= 11 is 0. The number of carbonyl (C=O) groups is 2. The van der Waals surface area contributed by atoms with Crippen LogP contribution in [0.2, 0.25) is 0 Å². The summed E-state index contributed by atoms with van der Waals surface area (Å²) < 4.78 is 0. The Kier molecular flexibility index (Phi) is 6.02. The Morgan fingerprint density at radius 1 is 1.08 bits per heavy atom. The predicted molar refractivity (Wildman–Crippen MR) is 103 cm³/mol. The van der Waals surface area contributed by atoms with Crippen LogP contribution >= 0.6 is 0 Å². The Morgan fingerprint density at radius 2 is 1.85 bits per heavy atom. The molecule has 5 nitrogen and oxygen atoms in total. The summed E-state index contributed by atoms with van der Waals surface area (Å²) in [5.74, 6) is 0.122. The fraction of sp³-hybridized carbons (Fsp3) is 0.333. The van der Waals surface area contributed by atoms with E-state index in [0.29, 0.717) is 30.9 Å². The third-order valence-electron chi connectivity index (χ3n) is 4.46. The van der Waals surface area contributed by atoms with Crippen LogP contribution in [0.3, 0.4) is 0 Å². The number of nitrogens with one attached hydrogen (secondary N) is 1. The summed E-state index contributed by atoms with van der Waals surface area (Å²) in [4.78, 5) is 26.8. The zero-order chi connectivity index (χ0) is 18.4. The molecule has 3 rings (SSSR count). The lowest BCUT2D eigenvalue weighted by atomic mass is 10.1. The van der Waals surface area contributed by atoms with Gasteiger partial charge in [-0.05, 0) is 49.6 Å². The van der Waals surface area contributed by atoms with Crippen molar-refractivity contribution >= 4 is 17.5 Å². The van der Waals surface area contributed by atoms with E-state index in [1.807, 2.05) is 41.3 Å². The van der Waals surface area contributed by atoms with Gasteiger partial charge in [0.1, 0.15) is 0 Å². The molecule has 2 aromatic carbocycles. The largest absolute Gasteiger partial charge is 0.334 e. The van der Waals surface area contributed by atoms with E-state index >= 15 is 0 Å². The van der Waals surface area contributed by atoms with Crippen molar-refractivity contribution in [3.05, 3.63) is 65.7 Å². The lowest BCUT2D eigenvalue weighted by Gasteiger charge is -2.23. The molecule has 1 aliphatic rings. The van der Waals surface area contributed by atoms with Gasteiger partial charge in [-0.15, -0.1) is 0 Å². The van der Waals surface area contributed by atoms with Crippen LogP contribution in [0.4, 0.5) is 5.69 Å². The van der Waals surface area contributed by atoms with E-state index in [0.717, 1.165) is 24.8 Å². The van der Waals surface area contributed by atoms with Gasteiger partial charge in [-0.25, -0.2) is 0 Å². The van der Waals surface area contributed by atoms with Crippen molar-refractivity contribution in [1.29, 1.82) is 0 Å². The number of hydrogen-bond donors (Lipinski definition) is 2. The number of amides is 2. The quantitative estimate of drug-likeness (QED) is 0.767. The lowest BCUT2D eigenvalue weighted by Crippen LogP contribution is -2.32. The van der Waals surface area contributed by atoms with Crippen LogP contribution in [-0.2, 0) is 11.3 Å². The van der Waals surface area contributed by atoms with Crippen LogP contribution in [-0.4, -0.2) is 29.8 Å². The molecule has 1 fully saturated rings. The number of carbonyl (C=O) groups excluding carboxylic acids is 2. The highest BCUT2D eigenvalue weighted by molar-refractivity contribution is 5.98. The molecule has 0 bridgehead atoms. The Hall–Kier alpha value is -2.66. The van der Waals surface area contributed by atoms with E-state index in [4.69, 9.17) is 5.73 Å². The molecule has 5 heteroatoms. The lowest BCUT2D eigenvalue weighted by molar-refractivity contribution is -0.117. The van der Waals surface area contributed by atoms with Gasteiger partial charge < -0.3 is 16.0 Å². The van der Waals surface area contributed by atoms with Gasteiger partial charge in [-0.3, -0.25) is 9.59 Å². The summed E-state index contributed by atoms with van der Waals surface area (Å²) in [7, 11) is 0. The highest BCUT2D eigenvalue weighted by Crippen LogP contribution is 2.30. The Balaban J connectivity index is 1.73. The van der Waals surface area contributed by atoms with Crippen LogP contribution in [0.15, 0.2) is 54.6 Å². The third kappa shape index (κ3) is 4.92. The van der Waals surface area contributed by atoms with Gasteiger partial charge in [0, 0.05) is 30.3 Å². The van der Waals surface area contributed by atoms with Gasteiger partial charge >= 0.3 is 0 Å². The molecule has 0 aliphatic heterocycles. The second-order valence-corrected chi connectivity index (χ2v) is 6.70. The van der Waals surface area contributed by atoms with E-state index in [2.05, 4.69) is 5.32 Å². The van der Waals surface area contributed by atoms with Gasteiger partial charge in [0.25, 0.3) is 5.91 Å². The minimum atomic E-state index is -0.0511. The monoisotopic (exact) mass is 351 g/mol. The van der Waals surface area contributed by atoms with Crippen molar-refractivity contribution < 1.29 is 9.59 Å². The smallest absolute Gasteiger partial charge is 0.254 e. The van der Waals surface area contributed by atoms with Crippen LogP contribution in [0.1, 0.15) is 35.2 Å². The van der Waals surface area contributed by atoms with Gasteiger partial charge in [0.2, 0.25) is 5.91 Å². The molecule has 0 saturated heterocycles. The van der Waals surface area contributed by atoms with Crippen LogP contribution in [0, 0.1) is 5.92 Å². The predicted octanol–water partition coefficient (Wildman–Crippen LogP) is 3.03. The molecule has 2 amide bonds. The topological polar surface area (TPSA) is 75.4 Å². The number of anilines is 1. The van der Waals surface area contributed by atoms with Gasteiger partial charge in [-0.2, -0.15) is 0 Å². The maximum Gasteiger partial charge on any atom is 0.254 e. The van der Waals surface area contributed by atoms with E-state index in [-0.39, 0.29) is 17.7 Å². The maximum absolute atomic E-state index is 13.0. The first kappa shape index (κ1) is 18.1. The number of nitrogens with two attached hydrogens (primary N) is 1. The molecular formula is C21H25N3O2. The van der Waals surface area contributed by atoms with Crippen LogP contribution < -0.4 is 11.1 Å². The third-order valence-corrected chi connectivity index (χ3v) is 4.46. The number of rotatable bonds is 8. The average molecular weight is 351 g/mol. The number of nitrogens with zero attached hydrogens (tertiary/aromatic N) is 1. The van der Waals surface area contributed by atoms with Crippen molar-refractivity contribution in [3.63, 3.8) is 0 Å². The number of hydrogen-bond acceptors (Lipinski definition) is 3. The molecule has 26 heavy (non-hydrogen) atoms. The van der Waals surface area contributed by atoms with E-state index in [1.54, 1.807) is 18.2 Å². The molecule has 0 spiro atoms. The first-order valence-corrected chi connectivity index (χ1v) is 9.11. The second-order valence-electron chi connectivity index (χ2n) is 6.70. The standard InChI is InChI=1S/C21H25N3O2/c22-12-5-13-24(15-16-6-2-1-3-7-16)21(26)18-8-4-9-19(14-18)23-20(25)17-10-11-17/h1-4,6-9,14,17H,5,10-13,15,22H2,(H,23,25). The molecular weight excluding hydrogens is 326 g/mol. The van der Waals surface area contributed by atoms with Gasteiger partial charge in [0.05, 0.1) is 0 Å². The van der Waals surface area contributed by atoms with Gasteiger partial charge in [-0.1, -0.05) is 36.4 Å². The van der Waals surface area contributed by atoms with Crippen molar-refractivity contribution in [2.45, 2.75) is 25.8 Å². The minimum absolute atomic E-state index is 0.0406. The molecule has 0 aromatic heterocycles. The van der Waals surface area contributed by atoms with Crippen molar-refractivity contribution in [3.8, 4) is 0 Å². The molecule has 1 saturated carbocycles. The summed E-state index contributed by atoms with van der Waals surface area (Å²) in [6.45, 7) is 1.68. The molecule has 1 aliphatic carbocycles. The molecule has 0 atom stereocenters. The fourth-order valence-corrected chi connectivity index (χ4v) is 2.84. The highest BCUT2D eigenvalue weighted by atomic mass is 16.2. The zero-order valence-corrected chi connectivity index (χ0v) is 14.9. The SMILES string of the molecule is NCCCN(Cc1ccccc1)C(=O)c1cccc(NC(=O)C2CC2)c1. The Bertz CT molecular complexity index is 757. The summed E-state index contributed by atoms with van der Waals surface area (Å²) in [5.41, 5.74) is 7.96. The minimum Gasteiger partial charge on any atom is -0.334 e.